The van der Waals surface area contributed by atoms with E-state index in [2.05, 4.69) is 0 Å². The molecule has 0 heterocycles. The van der Waals surface area contributed by atoms with Crippen molar-refractivity contribution in [2.45, 2.75) is 17.8 Å². The van der Waals surface area contributed by atoms with Crippen molar-refractivity contribution in [3.8, 4) is 11.1 Å². The van der Waals surface area contributed by atoms with Crippen LogP contribution < -0.4 is 11.5 Å². The van der Waals surface area contributed by atoms with Crippen LogP contribution in [0.3, 0.4) is 0 Å². The number of hydrogen-bond donors (Lipinski definition) is 2. The molecule has 35 heavy (non-hydrogen) atoms. The molecule has 1 aliphatic carbocycles. The third-order valence-electron chi connectivity index (χ3n) is 6.46. The fourth-order valence-electron chi connectivity index (χ4n) is 5.21. The highest BCUT2D eigenvalue weighted by molar-refractivity contribution is 5.87. The molecule has 0 saturated heterocycles. The average molecular weight is 484 g/mol. The van der Waals surface area contributed by atoms with Gasteiger partial charge in [-0.2, -0.15) is 26.3 Å². The van der Waals surface area contributed by atoms with Crippen LogP contribution in [-0.4, -0.2) is 0 Å². The lowest BCUT2D eigenvalue weighted by atomic mass is 9.65. The Kier molecular flexibility index (Phi) is 4.91. The van der Waals surface area contributed by atoms with Crippen molar-refractivity contribution in [2.24, 2.45) is 0 Å². The Morgan fingerprint density at radius 3 is 1.23 bits per heavy atom. The first-order valence-electron chi connectivity index (χ1n) is 10.6. The Labute approximate surface area is 196 Å². The van der Waals surface area contributed by atoms with Crippen molar-refractivity contribution in [1.82, 2.24) is 0 Å². The lowest BCUT2D eigenvalue weighted by molar-refractivity contribution is -0.138. The summed E-state index contributed by atoms with van der Waals surface area (Å²) < 4.78 is 86.5. The van der Waals surface area contributed by atoms with Gasteiger partial charge in [0.15, 0.2) is 0 Å². The van der Waals surface area contributed by atoms with Crippen LogP contribution in [0.4, 0.5) is 37.7 Å². The second-order valence-corrected chi connectivity index (χ2v) is 8.45. The predicted molar refractivity (Wildman–Crippen MR) is 123 cm³/mol. The Hall–Kier alpha value is -3.94. The molecule has 0 bridgehead atoms. The summed E-state index contributed by atoms with van der Waals surface area (Å²) in [6.45, 7) is 0. The molecular formula is C27H18F6N2. The molecule has 0 spiro atoms. The van der Waals surface area contributed by atoms with E-state index in [1.165, 1.54) is 24.3 Å². The molecule has 178 valence electrons. The Balaban J connectivity index is 2.06. The minimum absolute atomic E-state index is 0.149. The van der Waals surface area contributed by atoms with Crippen LogP contribution in [0.1, 0.15) is 33.4 Å². The molecule has 0 aliphatic heterocycles. The summed E-state index contributed by atoms with van der Waals surface area (Å²) in [6, 6.07) is 19.6. The molecule has 0 amide bonds. The number of anilines is 2. The van der Waals surface area contributed by atoms with Gasteiger partial charge in [0.1, 0.15) is 0 Å². The molecule has 0 aromatic heterocycles. The SMILES string of the molecule is Nc1ccc(C2(c3ccc(N)cc3C(F)(F)F)c3ccccc3-c3ccccc32)c(C(F)(F)F)c1. The Bertz CT molecular complexity index is 1340. The number of benzene rings is 4. The molecule has 4 aromatic carbocycles. The highest BCUT2D eigenvalue weighted by atomic mass is 19.4. The number of nitrogen functional groups attached to an aromatic ring is 2. The van der Waals surface area contributed by atoms with Gasteiger partial charge >= 0.3 is 12.4 Å². The zero-order valence-electron chi connectivity index (χ0n) is 18.0. The number of hydrogen-bond acceptors (Lipinski definition) is 2. The number of rotatable bonds is 2. The van der Waals surface area contributed by atoms with E-state index in [0.29, 0.717) is 22.3 Å². The summed E-state index contributed by atoms with van der Waals surface area (Å²) >= 11 is 0. The predicted octanol–water partition coefficient (Wildman–Crippen LogP) is 7.25. The molecule has 0 saturated carbocycles. The van der Waals surface area contributed by atoms with Gasteiger partial charge in [0.2, 0.25) is 0 Å². The molecule has 4 N–H and O–H groups in total. The number of alkyl halides is 6. The van der Waals surface area contributed by atoms with Crippen LogP contribution >= 0.6 is 0 Å². The van der Waals surface area contributed by atoms with Gasteiger partial charge in [-0.1, -0.05) is 60.7 Å². The van der Waals surface area contributed by atoms with Crippen LogP contribution in [0.15, 0.2) is 84.9 Å². The molecule has 4 aromatic rings. The van der Waals surface area contributed by atoms with Crippen molar-refractivity contribution in [2.75, 3.05) is 11.5 Å². The van der Waals surface area contributed by atoms with Gasteiger partial charge < -0.3 is 11.5 Å². The number of fused-ring (bicyclic) bond motifs is 3. The fraction of sp³-hybridized carbons (Fsp3) is 0.111. The average Bonchev–Trinajstić information content (AvgIpc) is 3.09. The smallest absolute Gasteiger partial charge is 0.399 e. The standard InChI is InChI=1S/C27H18F6N2/c28-26(29,30)23-13-15(34)9-11-21(23)25(22-12-10-16(35)14-24(22)27(31,32)33)19-7-3-1-5-17(19)18-6-2-4-8-20(18)25/h1-14H,34-35H2. The second-order valence-electron chi connectivity index (χ2n) is 8.45. The largest absolute Gasteiger partial charge is 0.416 e. The van der Waals surface area contributed by atoms with Crippen molar-refractivity contribution < 1.29 is 26.3 Å². The van der Waals surface area contributed by atoms with Crippen LogP contribution in [0.25, 0.3) is 11.1 Å². The number of halogens is 6. The summed E-state index contributed by atoms with van der Waals surface area (Å²) in [4.78, 5) is 0. The highest BCUT2D eigenvalue weighted by Gasteiger charge is 2.53. The van der Waals surface area contributed by atoms with Crippen LogP contribution in [0, 0.1) is 0 Å². The normalized spacial score (nSPS) is 14.5. The third-order valence-corrected chi connectivity index (χ3v) is 6.46. The highest BCUT2D eigenvalue weighted by Crippen LogP contribution is 2.59. The summed E-state index contributed by atoms with van der Waals surface area (Å²) in [5.41, 5.74) is 8.05. The van der Waals surface area contributed by atoms with E-state index in [-0.39, 0.29) is 22.5 Å². The van der Waals surface area contributed by atoms with Gasteiger partial charge in [-0.05, 0) is 57.6 Å². The van der Waals surface area contributed by atoms with E-state index in [9.17, 15) is 26.3 Å². The van der Waals surface area contributed by atoms with Crippen molar-refractivity contribution in [3.05, 3.63) is 118 Å². The maximum absolute atomic E-state index is 14.4. The molecule has 0 unspecified atom stereocenters. The van der Waals surface area contributed by atoms with Gasteiger partial charge in [0.05, 0.1) is 16.5 Å². The second kappa shape index (κ2) is 7.53. The first-order chi connectivity index (χ1) is 16.5. The molecule has 0 atom stereocenters. The van der Waals surface area contributed by atoms with Crippen molar-refractivity contribution in [1.29, 1.82) is 0 Å². The van der Waals surface area contributed by atoms with Gasteiger partial charge in [-0.3, -0.25) is 0 Å². The zero-order chi connectivity index (χ0) is 25.2. The Morgan fingerprint density at radius 2 is 0.857 bits per heavy atom. The minimum Gasteiger partial charge on any atom is -0.399 e. The van der Waals surface area contributed by atoms with E-state index >= 15 is 0 Å². The van der Waals surface area contributed by atoms with Gasteiger partial charge in [0.25, 0.3) is 0 Å². The molecule has 0 fully saturated rings. The van der Waals surface area contributed by atoms with Gasteiger partial charge in [-0.15, -0.1) is 0 Å². The maximum Gasteiger partial charge on any atom is 0.416 e. The van der Waals surface area contributed by atoms with Gasteiger partial charge in [0, 0.05) is 11.4 Å². The van der Waals surface area contributed by atoms with Crippen LogP contribution in [0.5, 0.6) is 0 Å². The zero-order valence-corrected chi connectivity index (χ0v) is 18.0. The Morgan fingerprint density at radius 1 is 0.486 bits per heavy atom. The maximum atomic E-state index is 14.4. The lowest BCUT2D eigenvalue weighted by Crippen LogP contribution is -2.34. The van der Waals surface area contributed by atoms with Gasteiger partial charge in [-0.25, -0.2) is 0 Å². The van der Waals surface area contributed by atoms with E-state index in [0.717, 1.165) is 12.1 Å². The summed E-state index contributed by atoms with van der Waals surface area (Å²) in [6.07, 6.45) is -9.76. The topological polar surface area (TPSA) is 52.0 Å². The van der Waals surface area contributed by atoms with E-state index in [1.807, 2.05) is 0 Å². The number of nitrogens with two attached hydrogens (primary N) is 2. The molecule has 8 heteroatoms. The molecule has 1 aliphatic rings. The molecule has 2 nitrogen and oxygen atoms in total. The molecule has 0 radical (unpaired) electrons. The lowest BCUT2D eigenvalue weighted by Gasteiger charge is -2.37. The first kappa shape index (κ1) is 22.8. The summed E-state index contributed by atoms with van der Waals surface area (Å²) in [5, 5.41) is 0. The van der Waals surface area contributed by atoms with E-state index in [4.69, 9.17) is 11.5 Å². The summed E-state index contributed by atoms with van der Waals surface area (Å²) in [5.74, 6) is 0. The quantitative estimate of drug-likeness (QED) is 0.205. The van der Waals surface area contributed by atoms with Crippen molar-refractivity contribution in [3.63, 3.8) is 0 Å². The van der Waals surface area contributed by atoms with Crippen LogP contribution in [-0.2, 0) is 17.8 Å². The van der Waals surface area contributed by atoms with Crippen molar-refractivity contribution >= 4 is 11.4 Å². The monoisotopic (exact) mass is 484 g/mol. The third kappa shape index (κ3) is 3.35. The first-order valence-corrected chi connectivity index (χ1v) is 10.6. The minimum atomic E-state index is -4.88. The fourth-order valence-corrected chi connectivity index (χ4v) is 5.21. The van der Waals surface area contributed by atoms with E-state index in [1.54, 1.807) is 48.5 Å². The van der Waals surface area contributed by atoms with Crippen LogP contribution in [0.2, 0.25) is 0 Å². The molecule has 5 rings (SSSR count). The molecular weight excluding hydrogens is 466 g/mol. The van der Waals surface area contributed by atoms with E-state index < -0.39 is 28.9 Å². The summed E-state index contributed by atoms with van der Waals surface area (Å²) in [7, 11) is 0.